The third-order valence-corrected chi connectivity index (χ3v) is 4.10. The Bertz CT molecular complexity index is 672. The standard InChI is InChI=1S/C18H21FN4O/c19-16-7-4-8-17(21-16)23-11-9-22(10-12-23)14-18(24)20-13-15-5-2-1-3-6-15/h1-8H,9-14H2,(H,20,24). The molecule has 2 aromatic rings. The Morgan fingerprint density at radius 2 is 1.79 bits per heavy atom. The Morgan fingerprint density at radius 3 is 2.50 bits per heavy atom. The number of piperazine rings is 1. The lowest BCUT2D eigenvalue weighted by atomic mass is 10.2. The molecule has 2 heterocycles. The molecule has 0 radical (unpaired) electrons. The predicted octanol–water partition coefficient (Wildman–Crippen LogP) is 1.66. The molecule has 3 rings (SSSR count). The largest absolute Gasteiger partial charge is 0.354 e. The molecule has 6 heteroatoms. The van der Waals surface area contributed by atoms with Crippen LogP contribution in [-0.4, -0.2) is 48.5 Å². The summed E-state index contributed by atoms with van der Waals surface area (Å²) >= 11 is 0. The van der Waals surface area contributed by atoms with Crippen LogP contribution >= 0.6 is 0 Å². The van der Waals surface area contributed by atoms with Crippen LogP contribution in [-0.2, 0) is 11.3 Å². The molecule has 1 saturated heterocycles. The van der Waals surface area contributed by atoms with E-state index in [1.807, 2.05) is 41.3 Å². The molecule has 1 aliphatic rings. The molecule has 0 atom stereocenters. The summed E-state index contributed by atoms with van der Waals surface area (Å²) in [6.07, 6.45) is 0. The van der Waals surface area contributed by atoms with Crippen LogP contribution in [0, 0.1) is 5.95 Å². The summed E-state index contributed by atoms with van der Waals surface area (Å²) in [5.74, 6) is 0.217. The number of halogens is 1. The van der Waals surface area contributed by atoms with Gasteiger partial charge in [0.2, 0.25) is 11.9 Å². The lowest BCUT2D eigenvalue weighted by Gasteiger charge is -2.34. The van der Waals surface area contributed by atoms with Gasteiger partial charge in [-0.05, 0) is 17.7 Å². The first-order valence-electron chi connectivity index (χ1n) is 8.11. The molecule has 24 heavy (non-hydrogen) atoms. The number of hydrogen-bond donors (Lipinski definition) is 1. The van der Waals surface area contributed by atoms with E-state index in [4.69, 9.17) is 0 Å². The fourth-order valence-electron chi connectivity index (χ4n) is 2.76. The Labute approximate surface area is 141 Å². The van der Waals surface area contributed by atoms with Gasteiger partial charge in [-0.1, -0.05) is 36.4 Å². The number of nitrogens with one attached hydrogen (secondary N) is 1. The smallest absolute Gasteiger partial charge is 0.234 e. The van der Waals surface area contributed by atoms with E-state index in [2.05, 4.69) is 15.2 Å². The molecular formula is C18H21FN4O. The topological polar surface area (TPSA) is 48.5 Å². The predicted molar refractivity (Wildman–Crippen MR) is 91.1 cm³/mol. The first-order valence-corrected chi connectivity index (χ1v) is 8.11. The molecule has 0 spiro atoms. The van der Waals surface area contributed by atoms with Crippen molar-refractivity contribution < 1.29 is 9.18 Å². The van der Waals surface area contributed by atoms with Crippen LogP contribution in [0.15, 0.2) is 48.5 Å². The van der Waals surface area contributed by atoms with Gasteiger partial charge in [0.1, 0.15) is 5.82 Å². The van der Waals surface area contributed by atoms with Crippen LogP contribution in [0.3, 0.4) is 0 Å². The number of pyridine rings is 1. The van der Waals surface area contributed by atoms with Crippen molar-refractivity contribution in [1.82, 2.24) is 15.2 Å². The van der Waals surface area contributed by atoms with Crippen molar-refractivity contribution in [2.45, 2.75) is 6.54 Å². The summed E-state index contributed by atoms with van der Waals surface area (Å²) in [5.41, 5.74) is 1.09. The molecule has 1 fully saturated rings. The molecule has 0 bridgehead atoms. The highest BCUT2D eigenvalue weighted by Crippen LogP contribution is 2.13. The van der Waals surface area contributed by atoms with E-state index >= 15 is 0 Å². The highest BCUT2D eigenvalue weighted by atomic mass is 19.1. The van der Waals surface area contributed by atoms with Crippen molar-refractivity contribution in [2.24, 2.45) is 0 Å². The summed E-state index contributed by atoms with van der Waals surface area (Å²) in [5, 5.41) is 2.94. The molecule has 1 aliphatic heterocycles. The summed E-state index contributed by atoms with van der Waals surface area (Å²) in [6.45, 7) is 3.93. The van der Waals surface area contributed by atoms with Crippen LogP contribution in [0.25, 0.3) is 0 Å². The van der Waals surface area contributed by atoms with Crippen molar-refractivity contribution in [2.75, 3.05) is 37.6 Å². The van der Waals surface area contributed by atoms with Gasteiger partial charge in [-0.2, -0.15) is 4.39 Å². The van der Waals surface area contributed by atoms with E-state index in [0.717, 1.165) is 31.7 Å². The highest BCUT2D eigenvalue weighted by molar-refractivity contribution is 5.78. The van der Waals surface area contributed by atoms with Crippen LogP contribution in [0.1, 0.15) is 5.56 Å². The number of carbonyl (C=O) groups is 1. The van der Waals surface area contributed by atoms with Crippen LogP contribution < -0.4 is 10.2 Å². The second-order valence-electron chi connectivity index (χ2n) is 5.84. The summed E-state index contributed by atoms with van der Waals surface area (Å²) in [6, 6.07) is 14.7. The van der Waals surface area contributed by atoms with Gasteiger partial charge in [0.25, 0.3) is 0 Å². The van der Waals surface area contributed by atoms with Gasteiger partial charge in [0.05, 0.1) is 6.54 Å². The third-order valence-electron chi connectivity index (χ3n) is 4.10. The van der Waals surface area contributed by atoms with Gasteiger partial charge in [0.15, 0.2) is 0 Å². The number of nitrogens with zero attached hydrogens (tertiary/aromatic N) is 3. The molecule has 1 amide bonds. The average molecular weight is 328 g/mol. The lowest BCUT2D eigenvalue weighted by molar-refractivity contribution is -0.122. The maximum Gasteiger partial charge on any atom is 0.234 e. The van der Waals surface area contributed by atoms with Gasteiger partial charge in [-0.15, -0.1) is 0 Å². The molecule has 1 aromatic heterocycles. The molecule has 0 aliphatic carbocycles. The Morgan fingerprint density at radius 1 is 1.04 bits per heavy atom. The fraction of sp³-hybridized carbons (Fsp3) is 0.333. The number of benzene rings is 1. The highest BCUT2D eigenvalue weighted by Gasteiger charge is 2.20. The summed E-state index contributed by atoms with van der Waals surface area (Å²) < 4.78 is 13.2. The summed E-state index contributed by atoms with van der Waals surface area (Å²) in [4.78, 5) is 20.1. The molecule has 126 valence electrons. The summed E-state index contributed by atoms with van der Waals surface area (Å²) in [7, 11) is 0. The number of aromatic nitrogens is 1. The molecule has 1 N–H and O–H groups in total. The zero-order valence-electron chi connectivity index (χ0n) is 13.5. The van der Waals surface area contributed by atoms with E-state index in [1.165, 1.54) is 6.07 Å². The second-order valence-corrected chi connectivity index (χ2v) is 5.84. The van der Waals surface area contributed by atoms with E-state index in [-0.39, 0.29) is 5.91 Å². The van der Waals surface area contributed by atoms with Gasteiger partial charge < -0.3 is 10.2 Å². The Hall–Kier alpha value is -2.47. The van der Waals surface area contributed by atoms with Crippen LogP contribution in [0.4, 0.5) is 10.2 Å². The van der Waals surface area contributed by atoms with Gasteiger partial charge in [0, 0.05) is 32.7 Å². The number of carbonyl (C=O) groups excluding carboxylic acids is 1. The Kier molecular flexibility index (Phi) is 5.38. The van der Waals surface area contributed by atoms with E-state index < -0.39 is 5.95 Å². The average Bonchev–Trinajstić information content (AvgIpc) is 2.61. The van der Waals surface area contributed by atoms with Gasteiger partial charge in [-0.3, -0.25) is 9.69 Å². The monoisotopic (exact) mass is 328 g/mol. The van der Waals surface area contributed by atoms with Gasteiger partial charge >= 0.3 is 0 Å². The van der Waals surface area contributed by atoms with E-state index in [0.29, 0.717) is 18.9 Å². The number of amides is 1. The molecular weight excluding hydrogens is 307 g/mol. The quantitative estimate of drug-likeness (QED) is 0.848. The number of rotatable bonds is 5. The van der Waals surface area contributed by atoms with E-state index in [9.17, 15) is 9.18 Å². The molecule has 1 aromatic carbocycles. The van der Waals surface area contributed by atoms with Gasteiger partial charge in [-0.25, -0.2) is 4.98 Å². The van der Waals surface area contributed by atoms with Crippen molar-refractivity contribution in [3.05, 3.63) is 60.0 Å². The minimum atomic E-state index is -0.463. The number of hydrogen-bond acceptors (Lipinski definition) is 4. The van der Waals surface area contributed by atoms with Crippen molar-refractivity contribution in [1.29, 1.82) is 0 Å². The maximum atomic E-state index is 13.2. The first kappa shape index (κ1) is 16.4. The van der Waals surface area contributed by atoms with Crippen molar-refractivity contribution in [3.63, 3.8) is 0 Å². The fourth-order valence-corrected chi connectivity index (χ4v) is 2.76. The molecule has 0 saturated carbocycles. The zero-order chi connectivity index (χ0) is 16.8. The van der Waals surface area contributed by atoms with Crippen LogP contribution in [0.5, 0.6) is 0 Å². The van der Waals surface area contributed by atoms with Crippen LogP contribution in [0.2, 0.25) is 0 Å². The lowest BCUT2D eigenvalue weighted by Crippen LogP contribution is -2.49. The van der Waals surface area contributed by atoms with Crippen molar-refractivity contribution in [3.8, 4) is 0 Å². The van der Waals surface area contributed by atoms with Crippen molar-refractivity contribution >= 4 is 11.7 Å². The van der Waals surface area contributed by atoms with E-state index in [1.54, 1.807) is 6.07 Å². The zero-order valence-corrected chi connectivity index (χ0v) is 13.5. The minimum Gasteiger partial charge on any atom is -0.354 e. The number of anilines is 1. The Balaban J connectivity index is 1.42. The normalized spacial score (nSPS) is 15.3. The minimum absolute atomic E-state index is 0.0242. The second kappa shape index (κ2) is 7.88. The third kappa shape index (κ3) is 4.52. The SMILES string of the molecule is O=C(CN1CCN(c2cccc(F)n2)CC1)NCc1ccccc1. The molecule has 5 nitrogen and oxygen atoms in total. The first-order chi connectivity index (χ1) is 11.7. The maximum absolute atomic E-state index is 13.2. The molecule has 0 unspecified atom stereocenters.